The van der Waals surface area contributed by atoms with E-state index < -0.39 is 16.0 Å². The molecule has 0 aromatic rings. The van der Waals surface area contributed by atoms with Crippen LogP contribution >= 0.6 is 0 Å². The summed E-state index contributed by atoms with van der Waals surface area (Å²) in [5, 5.41) is 23.5. The highest BCUT2D eigenvalue weighted by molar-refractivity contribution is 5.76. The number of hydrazine groups is 1. The number of rotatable bonds is 4. The summed E-state index contributed by atoms with van der Waals surface area (Å²) in [5.41, 5.74) is 4.97. The molecule has 0 aliphatic carbocycles. The maximum absolute atomic E-state index is 10.0. The molecule has 0 aromatic carbocycles. The minimum absolute atomic E-state index is 0.268. The van der Waals surface area contributed by atoms with E-state index in [1.54, 1.807) is 0 Å². The molecular weight excluding hydrogens is 184 g/mol. The van der Waals surface area contributed by atoms with E-state index in [4.69, 9.17) is 5.73 Å². The minimum Gasteiger partial charge on any atom is -0.365 e. The Labute approximate surface area is 72.3 Å². The molecule has 74 valence electrons. The van der Waals surface area contributed by atoms with Gasteiger partial charge < -0.3 is 11.1 Å². The number of nitro groups is 2. The maximum atomic E-state index is 10.0. The molecule has 0 unspecified atom stereocenters. The van der Waals surface area contributed by atoms with Gasteiger partial charge in [-0.3, -0.25) is 0 Å². The molecule has 10 heteroatoms. The van der Waals surface area contributed by atoms with Gasteiger partial charge in [0.25, 0.3) is 5.96 Å². The Morgan fingerprint density at radius 1 is 1.62 bits per heavy atom. The van der Waals surface area contributed by atoms with Crippen molar-refractivity contribution in [3.05, 3.63) is 20.2 Å². The van der Waals surface area contributed by atoms with Crippen LogP contribution in [0, 0.1) is 20.2 Å². The Kier molecular flexibility index (Phi) is 3.92. The highest BCUT2D eigenvalue weighted by Gasteiger charge is 2.07. The van der Waals surface area contributed by atoms with Crippen LogP contribution in [-0.2, 0) is 0 Å². The molecule has 0 saturated carbocycles. The zero-order chi connectivity index (χ0) is 10.4. The van der Waals surface area contributed by atoms with Gasteiger partial charge in [0, 0.05) is 0 Å². The molecule has 0 aliphatic rings. The zero-order valence-corrected chi connectivity index (χ0v) is 6.71. The lowest BCUT2D eigenvalue weighted by Crippen LogP contribution is -2.42. The predicted octanol–water partition coefficient (Wildman–Crippen LogP) is -1.84. The number of nitrogens with two attached hydrogens (primary N) is 1. The average Bonchev–Trinajstić information content (AvgIpc) is 1.98. The molecule has 10 nitrogen and oxygen atoms in total. The number of nitrogens with one attached hydrogen (secondary N) is 1. The van der Waals surface area contributed by atoms with Crippen LogP contribution in [0.5, 0.6) is 0 Å². The summed E-state index contributed by atoms with van der Waals surface area (Å²) in [6.07, 6.45) is 0. The third-order valence-electron chi connectivity index (χ3n) is 0.957. The van der Waals surface area contributed by atoms with E-state index in [1.165, 1.54) is 7.05 Å². The number of hydrogen-bond donors (Lipinski definition) is 2. The SMILES string of the molecule is CN(CNC(N)=N[N+](=O)[O-])[N+](=O)[O-]. The summed E-state index contributed by atoms with van der Waals surface area (Å²) in [4.78, 5) is 19.7. The van der Waals surface area contributed by atoms with Crippen molar-refractivity contribution in [2.45, 2.75) is 0 Å². The van der Waals surface area contributed by atoms with Crippen molar-refractivity contribution in [2.75, 3.05) is 13.7 Å². The first kappa shape index (κ1) is 10.9. The monoisotopic (exact) mass is 192 g/mol. The minimum atomic E-state index is -1.01. The lowest BCUT2D eigenvalue weighted by Gasteiger charge is -2.07. The van der Waals surface area contributed by atoms with Crippen LogP contribution in [0.25, 0.3) is 0 Å². The zero-order valence-electron chi connectivity index (χ0n) is 6.71. The molecule has 0 aliphatic heterocycles. The summed E-state index contributed by atoms with van der Waals surface area (Å²) in [5.74, 6) is -0.487. The van der Waals surface area contributed by atoms with Crippen molar-refractivity contribution in [3.8, 4) is 0 Å². The first-order valence-corrected chi connectivity index (χ1v) is 3.01. The summed E-state index contributed by atoms with van der Waals surface area (Å²) in [6, 6.07) is 0. The van der Waals surface area contributed by atoms with Crippen LogP contribution in [0.2, 0.25) is 0 Å². The molecule has 0 fully saturated rings. The maximum Gasteiger partial charge on any atom is 0.267 e. The topological polar surface area (TPSA) is 140 Å². The van der Waals surface area contributed by atoms with Gasteiger partial charge in [-0.25, -0.2) is 20.2 Å². The second-order valence-corrected chi connectivity index (χ2v) is 1.95. The van der Waals surface area contributed by atoms with E-state index in [-0.39, 0.29) is 6.67 Å². The summed E-state index contributed by atoms with van der Waals surface area (Å²) in [7, 11) is 1.17. The lowest BCUT2D eigenvalue weighted by atomic mass is 10.9. The third-order valence-corrected chi connectivity index (χ3v) is 0.957. The standard InChI is InChI=1S/C3H8N6O4/c1-7(9(12)13)2-5-3(4)6-8(10)11/h2H2,1H3,(H3,4,5,6). The fraction of sp³-hybridized carbons (Fsp3) is 0.667. The van der Waals surface area contributed by atoms with Crippen molar-refractivity contribution in [3.63, 3.8) is 0 Å². The van der Waals surface area contributed by atoms with E-state index in [0.29, 0.717) is 5.01 Å². The molecule has 0 rings (SSSR count). The van der Waals surface area contributed by atoms with Gasteiger partial charge in [0.05, 0.1) is 7.05 Å². The van der Waals surface area contributed by atoms with Gasteiger partial charge in [-0.15, -0.1) is 5.01 Å². The van der Waals surface area contributed by atoms with Crippen LogP contribution < -0.4 is 11.1 Å². The molecule has 0 bridgehead atoms. The summed E-state index contributed by atoms with van der Waals surface area (Å²) >= 11 is 0. The number of guanidine groups is 1. The van der Waals surface area contributed by atoms with Gasteiger partial charge in [0.1, 0.15) is 11.8 Å². The highest BCUT2D eigenvalue weighted by atomic mass is 16.7. The van der Waals surface area contributed by atoms with Crippen molar-refractivity contribution >= 4 is 5.96 Å². The number of hydrogen-bond acceptors (Lipinski definition) is 4. The molecule has 0 amide bonds. The van der Waals surface area contributed by atoms with Crippen molar-refractivity contribution < 1.29 is 10.1 Å². The van der Waals surface area contributed by atoms with Crippen LogP contribution in [-0.4, -0.2) is 34.7 Å². The smallest absolute Gasteiger partial charge is 0.267 e. The van der Waals surface area contributed by atoms with Gasteiger partial charge in [0.2, 0.25) is 0 Å². The van der Waals surface area contributed by atoms with Gasteiger partial charge in [-0.05, 0) is 0 Å². The fourth-order valence-corrected chi connectivity index (χ4v) is 0.376. The van der Waals surface area contributed by atoms with Crippen LogP contribution in [0.3, 0.4) is 0 Å². The van der Waals surface area contributed by atoms with Gasteiger partial charge >= 0.3 is 0 Å². The Morgan fingerprint density at radius 2 is 2.15 bits per heavy atom. The second-order valence-electron chi connectivity index (χ2n) is 1.95. The Balaban J connectivity index is 3.89. The van der Waals surface area contributed by atoms with E-state index in [2.05, 4.69) is 10.4 Å². The van der Waals surface area contributed by atoms with Crippen molar-refractivity contribution in [1.29, 1.82) is 0 Å². The van der Waals surface area contributed by atoms with E-state index in [9.17, 15) is 20.2 Å². The largest absolute Gasteiger partial charge is 0.365 e. The normalized spacial score (nSPS) is 10.7. The molecule has 0 spiro atoms. The first-order valence-electron chi connectivity index (χ1n) is 3.01. The van der Waals surface area contributed by atoms with Crippen molar-refractivity contribution in [1.82, 2.24) is 10.3 Å². The summed E-state index contributed by atoms with van der Waals surface area (Å²) < 4.78 is 0. The van der Waals surface area contributed by atoms with Crippen LogP contribution in [0.4, 0.5) is 0 Å². The fourth-order valence-electron chi connectivity index (χ4n) is 0.376. The van der Waals surface area contributed by atoms with E-state index in [1.807, 2.05) is 0 Å². The quantitative estimate of drug-likeness (QED) is 0.175. The van der Waals surface area contributed by atoms with Gasteiger partial charge in [-0.1, -0.05) is 0 Å². The molecule has 0 atom stereocenters. The van der Waals surface area contributed by atoms with Crippen LogP contribution in [0.15, 0.2) is 5.10 Å². The summed E-state index contributed by atoms with van der Waals surface area (Å²) in [6.45, 7) is -0.268. The molecule has 0 heterocycles. The van der Waals surface area contributed by atoms with Gasteiger partial charge in [0.15, 0.2) is 10.1 Å². The third kappa shape index (κ3) is 5.17. The van der Waals surface area contributed by atoms with E-state index in [0.717, 1.165) is 0 Å². The Morgan fingerprint density at radius 3 is 2.54 bits per heavy atom. The van der Waals surface area contributed by atoms with Gasteiger partial charge in [-0.2, -0.15) is 0 Å². The van der Waals surface area contributed by atoms with Crippen molar-refractivity contribution in [2.24, 2.45) is 10.8 Å². The molecule has 0 radical (unpaired) electrons. The van der Waals surface area contributed by atoms with E-state index >= 15 is 0 Å². The lowest BCUT2D eigenvalue weighted by molar-refractivity contribution is -0.649. The highest BCUT2D eigenvalue weighted by Crippen LogP contribution is 1.77. The second kappa shape index (κ2) is 4.69. The predicted molar refractivity (Wildman–Crippen MR) is 41.4 cm³/mol. The molecule has 0 saturated heterocycles. The Bertz CT molecular complexity index is 238. The molecule has 13 heavy (non-hydrogen) atoms. The molecular formula is C3H8N6O4. The van der Waals surface area contributed by atoms with Crippen LogP contribution in [0.1, 0.15) is 0 Å². The first-order chi connectivity index (χ1) is 5.93. The number of hydrazone groups is 1. The average molecular weight is 192 g/mol. The molecule has 0 aromatic heterocycles. The molecule has 3 N–H and O–H groups in total. The number of nitrogens with zero attached hydrogens (tertiary/aromatic N) is 4. The Hall–Kier alpha value is -2.13.